The van der Waals surface area contributed by atoms with Crippen LogP contribution in [-0.4, -0.2) is 0 Å². The van der Waals surface area contributed by atoms with Gasteiger partial charge >= 0.3 is 0 Å². The minimum absolute atomic E-state index is 0.780. The van der Waals surface area contributed by atoms with Gasteiger partial charge in [-0.25, -0.2) is 0 Å². The van der Waals surface area contributed by atoms with Crippen molar-refractivity contribution in [3.63, 3.8) is 0 Å². The fourth-order valence-corrected chi connectivity index (χ4v) is 6.64. The van der Waals surface area contributed by atoms with Crippen LogP contribution >= 0.6 is 0 Å². The maximum Gasteiger partial charge on any atom is -0.0162 e. The number of allylic oxidation sites excluding steroid dienone is 2. The molecule has 0 heteroatoms. The van der Waals surface area contributed by atoms with Crippen LogP contribution in [0.4, 0.5) is 0 Å². The van der Waals surface area contributed by atoms with E-state index in [2.05, 4.69) is 68.5 Å². The molecule has 1 saturated carbocycles. The van der Waals surface area contributed by atoms with Crippen LogP contribution in [0.1, 0.15) is 134 Å². The van der Waals surface area contributed by atoms with Crippen LogP contribution in [0.5, 0.6) is 0 Å². The highest BCUT2D eigenvalue weighted by molar-refractivity contribution is 5.71. The largest absolute Gasteiger partial charge is 0.0804 e. The van der Waals surface area contributed by atoms with Gasteiger partial charge in [0.15, 0.2) is 0 Å². The molecule has 4 rings (SSSR count). The van der Waals surface area contributed by atoms with E-state index in [0.717, 1.165) is 17.8 Å². The highest BCUT2D eigenvalue weighted by atomic mass is 14.3. The topological polar surface area (TPSA) is 0 Å². The van der Waals surface area contributed by atoms with Crippen LogP contribution in [0.3, 0.4) is 0 Å². The fourth-order valence-electron chi connectivity index (χ4n) is 6.64. The van der Waals surface area contributed by atoms with Crippen LogP contribution in [0.2, 0.25) is 0 Å². The van der Waals surface area contributed by atoms with Gasteiger partial charge in [0.1, 0.15) is 0 Å². The number of unbranched alkanes of at least 4 members (excludes halogenated alkanes) is 5. The Balaban J connectivity index is 1.25. The number of rotatable bonds is 12. The summed E-state index contributed by atoms with van der Waals surface area (Å²) in [6.07, 6.45) is 24.8. The van der Waals surface area contributed by atoms with E-state index in [1.807, 2.05) is 0 Å². The van der Waals surface area contributed by atoms with Crippen molar-refractivity contribution in [1.82, 2.24) is 0 Å². The van der Waals surface area contributed by atoms with E-state index in [1.165, 1.54) is 119 Å². The van der Waals surface area contributed by atoms with Gasteiger partial charge in [0.25, 0.3) is 0 Å². The monoisotopic (exact) mass is 470 g/mol. The molecule has 0 heterocycles. The van der Waals surface area contributed by atoms with Crippen molar-refractivity contribution < 1.29 is 0 Å². The van der Waals surface area contributed by atoms with Gasteiger partial charge in [-0.2, -0.15) is 0 Å². The molecule has 1 unspecified atom stereocenters. The Morgan fingerprint density at radius 1 is 0.571 bits per heavy atom. The lowest BCUT2D eigenvalue weighted by Crippen LogP contribution is -2.13. The molecule has 0 bridgehead atoms. The Morgan fingerprint density at radius 2 is 1.20 bits per heavy atom. The quantitative estimate of drug-likeness (QED) is 0.270. The third-order valence-electron chi connectivity index (χ3n) is 9.00. The normalized spacial score (nSPS) is 22.7. The summed E-state index contributed by atoms with van der Waals surface area (Å²) in [5.74, 6) is 2.69. The number of benzene rings is 2. The van der Waals surface area contributed by atoms with Gasteiger partial charge in [-0.05, 0) is 90.5 Å². The van der Waals surface area contributed by atoms with E-state index in [-0.39, 0.29) is 0 Å². The van der Waals surface area contributed by atoms with Crippen LogP contribution in [0, 0.1) is 11.8 Å². The van der Waals surface area contributed by atoms with E-state index in [0.29, 0.717) is 0 Å². The molecular weight excluding hydrogens is 420 g/mol. The lowest BCUT2D eigenvalue weighted by molar-refractivity contribution is 0.308. The molecule has 0 nitrogen and oxygen atoms in total. The first-order valence-corrected chi connectivity index (χ1v) is 15.2. The van der Waals surface area contributed by atoms with E-state index >= 15 is 0 Å². The molecule has 0 amide bonds. The number of hydrogen-bond acceptors (Lipinski definition) is 0. The lowest BCUT2D eigenvalue weighted by Gasteiger charge is -2.28. The van der Waals surface area contributed by atoms with E-state index in [9.17, 15) is 0 Å². The van der Waals surface area contributed by atoms with Gasteiger partial charge in [0.2, 0.25) is 0 Å². The molecule has 1 atom stereocenters. The Labute approximate surface area is 216 Å². The summed E-state index contributed by atoms with van der Waals surface area (Å²) >= 11 is 0. The lowest BCUT2D eigenvalue weighted by atomic mass is 9.77. The molecule has 2 aliphatic carbocycles. The van der Waals surface area contributed by atoms with Crippen molar-refractivity contribution in [1.29, 1.82) is 0 Å². The first-order valence-electron chi connectivity index (χ1n) is 15.2. The summed E-state index contributed by atoms with van der Waals surface area (Å²) in [6.45, 7) is 4.63. The molecule has 0 N–H and O–H groups in total. The summed E-state index contributed by atoms with van der Waals surface area (Å²) in [5.41, 5.74) is 7.28. The molecule has 0 aliphatic heterocycles. The first-order chi connectivity index (χ1) is 17.3. The van der Waals surface area contributed by atoms with Crippen molar-refractivity contribution in [3.8, 4) is 11.1 Å². The Bertz CT molecular complexity index is 877. The van der Waals surface area contributed by atoms with Crippen LogP contribution in [-0.2, 0) is 0 Å². The predicted octanol–water partition coefficient (Wildman–Crippen LogP) is 11.4. The smallest absolute Gasteiger partial charge is 0.0162 e. The highest BCUT2D eigenvalue weighted by Gasteiger charge is 2.21. The molecule has 2 aliphatic rings. The molecule has 2 aromatic rings. The average molecular weight is 471 g/mol. The Morgan fingerprint density at radius 3 is 1.83 bits per heavy atom. The van der Waals surface area contributed by atoms with Crippen molar-refractivity contribution in [2.45, 2.75) is 122 Å². The van der Waals surface area contributed by atoms with Crippen molar-refractivity contribution in [2.75, 3.05) is 0 Å². The van der Waals surface area contributed by atoms with Gasteiger partial charge < -0.3 is 0 Å². The first kappa shape index (κ1) is 26.2. The Kier molecular flexibility index (Phi) is 10.5. The average Bonchev–Trinajstić information content (AvgIpc) is 2.92. The van der Waals surface area contributed by atoms with Crippen LogP contribution in [0.15, 0.2) is 54.6 Å². The molecule has 0 saturated heterocycles. The third-order valence-corrected chi connectivity index (χ3v) is 9.00. The van der Waals surface area contributed by atoms with Gasteiger partial charge in [0, 0.05) is 0 Å². The minimum atomic E-state index is 0.780. The van der Waals surface area contributed by atoms with Gasteiger partial charge in [-0.1, -0.05) is 126 Å². The zero-order chi connectivity index (χ0) is 24.3. The Hall–Kier alpha value is -1.82. The van der Waals surface area contributed by atoms with Gasteiger partial charge in [-0.15, -0.1) is 0 Å². The van der Waals surface area contributed by atoms with E-state index < -0.39 is 0 Å². The number of hydrogen-bond donors (Lipinski definition) is 0. The maximum atomic E-state index is 2.55. The molecule has 0 radical (unpaired) electrons. The highest BCUT2D eigenvalue weighted by Crippen LogP contribution is 2.38. The minimum Gasteiger partial charge on any atom is -0.0804 e. The van der Waals surface area contributed by atoms with Gasteiger partial charge in [-0.3, -0.25) is 0 Å². The van der Waals surface area contributed by atoms with Crippen molar-refractivity contribution >= 4 is 5.57 Å². The van der Waals surface area contributed by atoms with Crippen molar-refractivity contribution in [2.24, 2.45) is 11.8 Å². The van der Waals surface area contributed by atoms with Crippen LogP contribution < -0.4 is 0 Å². The van der Waals surface area contributed by atoms with Gasteiger partial charge in [0.05, 0.1) is 0 Å². The zero-order valence-corrected chi connectivity index (χ0v) is 22.7. The standard InChI is InChI=1S/C35H50/c1-3-5-6-7-8-9-11-29-14-18-31(19-15-29)33-22-26-35(27-23-33)34-24-20-32(21-25-34)30-16-12-28(10-4-2)13-17-30/h18,20-30H,3-17,19H2,1-2H3. The fraction of sp³-hybridized carbons (Fsp3) is 0.600. The summed E-state index contributed by atoms with van der Waals surface area (Å²) in [5, 5.41) is 0. The summed E-state index contributed by atoms with van der Waals surface area (Å²) in [4.78, 5) is 0. The molecule has 0 spiro atoms. The molecule has 35 heavy (non-hydrogen) atoms. The second-order valence-corrected chi connectivity index (χ2v) is 11.6. The molecule has 1 fully saturated rings. The second kappa shape index (κ2) is 14.1. The summed E-state index contributed by atoms with van der Waals surface area (Å²) < 4.78 is 0. The molecule has 190 valence electrons. The molecular formula is C35H50. The van der Waals surface area contributed by atoms with Crippen LogP contribution in [0.25, 0.3) is 16.7 Å². The maximum absolute atomic E-state index is 2.55. The van der Waals surface area contributed by atoms with E-state index in [1.54, 1.807) is 11.1 Å². The zero-order valence-electron chi connectivity index (χ0n) is 22.7. The summed E-state index contributed by atoms with van der Waals surface area (Å²) in [6, 6.07) is 18.9. The van der Waals surface area contributed by atoms with E-state index in [4.69, 9.17) is 0 Å². The van der Waals surface area contributed by atoms with Crippen molar-refractivity contribution in [3.05, 3.63) is 65.7 Å². The summed E-state index contributed by atoms with van der Waals surface area (Å²) in [7, 11) is 0. The third kappa shape index (κ3) is 7.83. The predicted molar refractivity (Wildman–Crippen MR) is 155 cm³/mol. The molecule has 0 aromatic heterocycles. The molecule has 2 aromatic carbocycles. The second-order valence-electron chi connectivity index (χ2n) is 11.6. The SMILES string of the molecule is CCCCCCCCC1CC=C(c2ccc(-c3ccc(C4CCC(CCC)CC4)cc3)cc2)CC1.